The maximum absolute atomic E-state index is 13.2. The lowest BCUT2D eigenvalue weighted by Crippen LogP contribution is -2.48. The van der Waals surface area contributed by atoms with E-state index in [1.54, 1.807) is 67.9 Å². The Morgan fingerprint density at radius 1 is 1.00 bits per heavy atom. The number of rotatable bonds is 6. The van der Waals surface area contributed by atoms with E-state index in [1.807, 2.05) is 18.2 Å². The fraction of sp³-hybridized carbons (Fsp3) is 0.222. The van der Waals surface area contributed by atoms with E-state index < -0.39 is 10.0 Å². The second-order valence-corrected chi connectivity index (χ2v) is 10.4. The van der Waals surface area contributed by atoms with Crippen molar-refractivity contribution in [1.29, 1.82) is 0 Å². The van der Waals surface area contributed by atoms with E-state index in [4.69, 9.17) is 4.74 Å². The van der Waals surface area contributed by atoms with Gasteiger partial charge in [0.2, 0.25) is 0 Å². The number of nitrogens with one attached hydrogen (secondary N) is 1. The van der Waals surface area contributed by atoms with Crippen molar-refractivity contribution in [2.24, 2.45) is 0 Å². The molecule has 10 heteroatoms. The van der Waals surface area contributed by atoms with Crippen LogP contribution in [0.4, 0.5) is 11.4 Å². The van der Waals surface area contributed by atoms with Crippen LogP contribution in [0.2, 0.25) is 0 Å². The predicted octanol–water partition coefficient (Wildman–Crippen LogP) is 3.71. The van der Waals surface area contributed by atoms with Crippen molar-refractivity contribution in [2.45, 2.75) is 11.8 Å². The number of hydrogen-bond acceptors (Lipinski definition) is 7. The van der Waals surface area contributed by atoms with E-state index in [-0.39, 0.29) is 10.8 Å². The van der Waals surface area contributed by atoms with Gasteiger partial charge in [-0.25, -0.2) is 8.42 Å². The summed E-state index contributed by atoms with van der Waals surface area (Å²) in [6, 6.07) is 15.5. The first kappa shape index (κ1) is 24.5. The summed E-state index contributed by atoms with van der Waals surface area (Å²) in [7, 11) is -2.25. The summed E-state index contributed by atoms with van der Waals surface area (Å²) in [5.74, 6) is 0.663. The molecule has 0 saturated carbocycles. The Labute approximate surface area is 215 Å². The predicted molar refractivity (Wildman–Crippen MR) is 143 cm³/mol. The molecule has 3 heterocycles. The van der Waals surface area contributed by atoms with Gasteiger partial charge in [-0.2, -0.15) is 0 Å². The van der Waals surface area contributed by atoms with Gasteiger partial charge >= 0.3 is 0 Å². The molecule has 2 aromatic heterocycles. The van der Waals surface area contributed by atoms with Crippen molar-refractivity contribution in [3.05, 3.63) is 84.3 Å². The summed E-state index contributed by atoms with van der Waals surface area (Å²) in [6.45, 7) is 4.20. The Kier molecular flexibility index (Phi) is 6.66. The van der Waals surface area contributed by atoms with Crippen LogP contribution < -0.4 is 14.4 Å². The number of benzene rings is 2. The maximum Gasteiger partial charge on any atom is 0.264 e. The number of anilines is 2. The molecule has 9 nitrogen and oxygen atoms in total. The monoisotopic (exact) mass is 517 g/mol. The molecule has 37 heavy (non-hydrogen) atoms. The first-order valence-corrected chi connectivity index (χ1v) is 13.3. The number of nitrogens with zero attached hydrogens (tertiary/aromatic N) is 4. The fourth-order valence-electron chi connectivity index (χ4n) is 4.52. The van der Waals surface area contributed by atoms with Gasteiger partial charge < -0.3 is 14.5 Å². The van der Waals surface area contributed by atoms with Crippen molar-refractivity contribution in [2.75, 3.05) is 42.9 Å². The van der Waals surface area contributed by atoms with E-state index in [9.17, 15) is 13.2 Å². The van der Waals surface area contributed by atoms with Gasteiger partial charge in [0.1, 0.15) is 10.6 Å². The Hall–Kier alpha value is -4.18. The zero-order chi connectivity index (χ0) is 26.0. The number of ether oxygens (including phenoxy) is 1. The Balaban J connectivity index is 1.29. The number of amides is 1. The van der Waals surface area contributed by atoms with E-state index >= 15 is 0 Å². The van der Waals surface area contributed by atoms with E-state index in [2.05, 4.69) is 19.6 Å². The van der Waals surface area contributed by atoms with Gasteiger partial charge in [0.15, 0.2) is 0 Å². The second kappa shape index (κ2) is 10.1. The van der Waals surface area contributed by atoms with Gasteiger partial charge in [-0.05, 0) is 42.8 Å². The number of sulfonamides is 1. The van der Waals surface area contributed by atoms with Gasteiger partial charge in [-0.3, -0.25) is 19.5 Å². The number of hydrogen-bond donors (Lipinski definition) is 1. The van der Waals surface area contributed by atoms with Gasteiger partial charge in [-0.15, -0.1) is 0 Å². The first-order chi connectivity index (χ1) is 17.9. The van der Waals surface area contributed by atoms with Gasteiger partial charge in [-0.1, -0.05) is 18.2 Å². The van der Waals surface area contributed by atoms with Crippen molar-refractivity contribution < 1.29 is 17.9 Å². The highest BCUT2D eigenvalue weighted by Gasteiger charge is 2.25. The molecular formula is C27H27N5O4S. The lowest BCUT2D eigenvalue weighted by Gasteiger charge is -2.36. The Morgan fingerprint density at radius 2 is 1.78 bits per heavy atom. The smallest absolute Gasteiger partial charge is 0.264 e. The number of aromatic nitrogens is 2. The molecule has 0 unspecified atom stereocenters. The lowest BCUT2D eigenvalue weighted by atomic mass is 10.1. The van der Waals surface area contributed by atoms with Gasteiger partial charge in [0, 0.05) is 55.6 Å². The van der Waals surface area contributed by atoms with Crippen LogP contribution in [-0.4, -0.2) is 62.5 Å². The minimum absolute atomic E-state index is 0.0893. The number of aryl methyl sites for hydroxylation is 1. The molecule has 1 saturated heterocycles. The summed E-state index contributed by atoms with van der Waals surface area (Å²) >= 11 is 0. The fourth-order valence-corrected chi connectivity index (χ4v) is 5.83. The third-order valence-corrected chi connectivity index (χ3v) is 7.89. The molecule has 190 valence electrons. The molecule has 1 fully saturated rings. The summed E-state index contributed by atoms with van der Waals surface area (Å²) in [4.78, 5) is 25.7. The molecule has 0 bridgehead atoms. The van der Waals surface area contributed by atoms with Crippen LogP contribution in [0, 0.1) is 6.92 Å². The summed E-state index contributed by atoms with van der Waals surface area (Å²) in [5, 5.41) is 0.741. The summed E-state index contributed by atoms with van der Waals surface area (Å²) in [5.41, 5.74) is 2.90. The van der Waals surface area contributed by atoms with Crippen LogP contribution in [0.15, 0.2) is 78.1 Å². The van der Waals surface area contributed by atoms with Crippen LogP contribution >= 0.6 is 0 Å². The molecule has 1 N–H and O–H groups in total. The largest absolute Gasteiger partial charge is 0.494 e. The highest BCUT2D eigenvalue weighted by molar-refractivity contribution is 7.93. The molecule has 0 spiro atoms. The number of carbonyl (C=O) groups excluding carboxylic acids is 1. The standard InChI is InChI=1S/C27H27N5O4S/c1-19-17-21(27(33)32-15-13-31(14-16-32)23-18-28-12-10-24(23)36-2)8-9-22(19)30-37(34,35)25-7-3-5-20-6-4-11-29-26(20)25/h3-12,17-18,30H,13-16H2,1-2H3. The topological polar surface area (TPSA) is 105 Å². The van der Waals surface area contributed by atoms with E-state index in [1.165, 1.54) is 6.07 Å². The Bertz CT molecular complexity index is 1560. The second-order valence-electron chi connectivity index (χ2n) is 8.79. The molecule has 0 aliphatic carbocycles. The summed E-state index contributed by atoms with van der Waals surface area (Å²) in [6.07, 6.45) is 5.03. The van der Waals surface area contributed by atoms with Gasteiger partial charge in [0.05, 0.1) is 30.2 Å². The first-order valence-electron chi connectivity index (χ1n) is 11.9. The van der Waals surface area contributed by atoms with Crippen LogP contribution in [-0.2, 0) is 10.0 Å². The van der Waals surface area contributed by atoms with Crippen molar-refractivity contribution >= 4 is 38.2 Å². The number of para-hydroxylation sites is 1. The highest BCUT2D eigenvalue weighted by atomic mass is 32.2. The van der Waals surface area contributed by atoms with Crippen molar-refractivity contribution in [3.8, 4) is 5.75 Å². The quantitative estimate of drug-likeness (QED) is 0.416. The third kappa shape index (κ3) is 4.92. The minimum atomic E-state index is -3.88. The SMILES string of the molecule is COc1ccncc1N1CCN(C(=O)c2ccc(NS(=O)(=O)c3cccc4cccnc34)c(C)c2)CC1. The molecule has 0 radical (unpaired) electrons. The lowest BCUT2D eigenvalue weighted by molar-refractivity contribution is 0.0746. The third-order valence-electron chi connectivity index (χ3n) is 6.49. The zero-order valence-electron chi connectivity index (χ0n) is 20.6. The van der Waals surface area contributed by atoms with Gasteiger partial charge in [0.25, 0.3) is 15.9 Å². The van der Waals surface area contributed by atoms with E-state index in [0.717, 1.165) is 16.8 Å². The molecule has 0 atom stereocenters. The normalized spacial score (nSPS) is 14.0. The molecule has 4 aromatic rings. The number of methoxy groups -OCH3 is 1. The van der Waals surface area contributed by atoms with E-state index in [0.29, 0.717) is 48.5 Å². The minimum Gasteiger partial charge on any atom is -0.494 e. The number of carbonyl (C=O) groups is 1. The molecule has 1 aliphatic heterocycles. The molecule has 1 amide bonds. The number of piperazine rings is 1. The van der Waals surface area contributed by atoms with Crippen molar-refractivity contribution in [3.63, 3.8) is 0 Å². The number of pyridine rings is 2. The van der Waals surface area contributed by atoms with Crippen molar-refractivity contribution in [1.82, 2.24) is 14.9 Å². The summed E-state index contributed by atoms with van der Waals surface area (Å²) < 4.78 is 34.5. The highest BCUT2D eigenvalue weighted by Crippen LogP contribution is 2.28. The molecular weight excluding hydrogens is 490 g/mol. The average Bonchev–Trinajstić information content (AvgIpc) is 2.93. The molecule has 1 aliphatic rings. The molecule has 5 rings (SSSR count). The average molecular weight is 518 g/mol. The zero-order valence-corrected chi connectivity index (χ0v) is 21.4. The van der Waals surface area contributed by atoms with Crippen LogP contribution in [0.3, 0.4) is 0 Å². The van der Waals surface area contributed by atoms with Crippen LogP contribution in [0.25, 0.3) is 10.9 Å². The number of fused-ring (bicyclic) bond motifs is 1. The molecule has 2 aromatic carbocycles. The van der Waals surface area contributed by atoms with Crippen LogP contribution in [0.5, 0.6) is 5.75 Å². The Morgan fingerprint density at radius 3 is 2.54 bits per heavy atom. The maximum atomic E-state index is 13.2. The van der Waals surface area contributed by atoms with Crippen LogP contribution in [0.1, 0.15) is 15.9 Å².